The van der Waals surface area contributed by atoms with E-state index >= 15 is 0 Å². The first kappa shape index (κ1) is 21.6. The summed E-state index contributed by atoms with van der Waals surface area (Å²) in [5.41, 5.74) is 3.04. The molecule has 0 saturated heterocycles. The van der Waals surface area contributed by atoms with E-state index in [9.17, 15) is 4.79 Å². The Morgan fingerprint density at radius 1 is 0.893 bits per heavy atom. The van der Waals surface area contributed by atoms with Gasteiger partial charge in [0, 0.05) is 5.56 Å². The molecule has 0 saturated carbocycles. The molecule has 5 nitrogen and oxygen atoms in total. The molecule has 28 heavy (non-hydrogen) atoms. The van der Waals surface area contributed by atoms with E-state index in [-0.39, 0.29) is 11.9 Å². The molecule has 0 unspecified atom stereocenters. The van der Waals surface area contributed by atoms with Gasteiger partial charge < -0.3 is 19.5 Å². The van der Waals surface area contributed by atoms with Crippen molar-refractivity contribution in [3.05, 3.63) is 53.1 Å². The average molecular weight is 386 g/mol. The number of ether oxygens (including phenoxy) is 3. The van der Waals surface area contributed by atoms with Crippen molar-refractivity contribution in [3.63, 3.8) is 0 Å². The Morgan fingerprint density at radius 3 is 2.21 bits per heavy atom. The fraction of sp³-hybridized carbons (Fsp3) is 0.435. The summed E-state index contributed by atoms with van der Waals surface area (Å²) in [6.07, 6.45) is -0.627. The lowest BCUT2D eigenvalue weighted by molar-refractivity contribution is -0.127. The fourth-order valence-corrected chi connectivity index (χ4v) is 3.05. The van der Waals surface area contributed by atoms with Crippen molar-refractivity contribution in [2.75, 3.05) is 14.2 Å². The Labute approximate surface area is 168 Å². The van der Waals surface area contributed by atoms with Crippen molar-refractivity contribution in [2.45, 2.75) is 52.7 Å². The smallest absolute Gasteiger partial charge is 0.261 e. The van der Waals surface area contributed by atoms with Gasteiger partial charge in [-0.25, -0.2) is 0 Å². The summed E-state index contributed by atoms with van der Waals surface area (Å²) in [5, 5.41) is 3.01. The second-order valence-electron chi connectivity index (χ2n) is 7.29. The minimum Gasteiger partial charge on any atom is -0.497 e. The Hall–Kier alpha value is -2.69. The predicted octanol–water partition coefficient (Wildman–Crippen LogP) is 4.78. The largest absolute Gasteiger partial charge is 0.497 e. The van der Waals surface area contributed by atoms with Crippen LogP contribution in [0, 0.1) is 6.92 Å². The van der Waals surface area contributed by atoms with Crippen LogP contribution in [0.3, 0.4) is 0 Å². The van der Waals surface area contributed by atoms with Crippen molar-refractivity contribution < 1.29 is 19.0 Å². The van der Waals surface area contributed by atoms with Crippen LogP contribution in [0.15, 0.2) is 36.4 Å². The molecule has 0 heterocycles. The summed E-state index contributed by atoms with van der Waals surface area (Å²) in [4.78, 5) is 12.7. The van der Waals surface area contributed by atoms with Gasteiger partial charge in [-0.1, -0.05) is 26.0 Å². The first-order valence-corrected chi connectivity index (χ1v) is 9.56. The fourth-order valence-electron chi connectivity index (χ4n) is 3.05. The van der Waals surface area contributed by atoms with Gasteiger partial charge in [0.05, 0.1) is 20.3 Å². The van der Waals surface area contributed by atoms with Gasteiger partial charge in [0.25, 0.3) is 5.91 Å². The predicted molar refractivity (Wildman–Crippen MR) is 111 cm³/mol. The van der Waals surface area contributed by atoms with E-state index in [1.807, 2.05) is 38.1 Å². The number of aryl methyl sites for hydroxylation is 1. The van der Waals surface area contributed by atoms with Gasteiger partial charge in [0.1, 0.15) is 17.2 Å². The van der Waals surface area contributed by atoms with Gasteiger partial charge in [-0.2, -0.15) is 0 Å². The van der Waals surface area contributed by atoms with Crippen LogP contribution >= 0.6 is 0 Å². The Balaban J connectivity index is 2.14. The molecule has 0 radical (unpaired) electrons. The molecule has 0 aliphatic carbocycles. The third-order valence-corrected chi connectivity index (χ3v) is 4.73. The number of benzene rings is 2. The summed E-state index contributed by atoms with van der Waals surface area (Å²) in [6.45, 7) is 9.91. The maximum absolute atomic E-state index is 12.7. The molecule has 0 fully saturated rings. The average Bonchev–Trinajstić information content (AvgIpc) is 2.66. The molecule has 5 heteroatoms. The molecule has 2 aromatic carbocycles. The lowest BCUT2D eigenvalue weighted by atomic mass is 10.0. The summed E-state index contributed by atoms with van der Waals surface area (Å²) >= 11 is 0. The van der Waals surface area contributed by atoms with Gasteiger partial charge in [-0.05, 0) is 62.1 Å². The second kappa shape index (κ2) is 9.49. The van der Waals surface area contributed by atoms with Crippen LogP contribution in [-0.4, -0.2) is 26.2 Å². The Morgan fingerprint density at radius 2 is 1.61 bits per heavy atom. The molecule has 0 aliphatic heterocycles. The van der Waals surface area contributed by atoms with E-state index in [2.05, 4.69) is 31.3 Å². The third-order valence-electron chi connectivity index (χ3n) is 4.73. The van der Waals surface area contributed by atoms with E-state index in [1.54, 1.807) is 21.1 Å². The summed E-state index contributed by atoms with van der Waals surface area (Å²) < 4.78 is 16.7. The normalized spacial score (nSPS) is 13.0. The van der Waals surface area contributed by atoms with Crippen molar-refractivity contribution in [3.8, 4) is 17.2 Å². The van der Waals surface area contributed by atoms with Crippen LogP contribution in [0.25, 0.3) is 0 Å². The van der Waals surface area contributed by atoms with Crippen molar-refractivity contribution >= 4 is 5.91 Å². The minimum absolute atomic E-state index is 0.186. The number of methoxy groups -OCH3 is 2. The first-order chi connectivity index (χ1) is 13.3. The highest BCUT2D eigenvalue weighted by Crippen LogP contribution is 2.30. The first-order valence-electron chi connectivity index (χ1n) is 9.56. The van der Waals surface area contributed by atoms with E-state index in [4.69, 9.17) is 14.2 Å². The maximum atomic E-state index is 12.7. The number of hydrogen-bond donors (Lipinski definition) is 1. The standard InChI is InChI=1S/C23H31NO4/c1-14(2)19-10-8-15(3)12-22(19)28-17(5)23(25)24-16(4)20-13-18(26-6)9-11-21(20)27-7/h8-14,16-17H,1-7H3,(H,24,25)/t16-,17-/m0/s1. The number of amides is 1. The molecule has 152 valence electrons. The van der Waals surface area contributed by atoms with E-state index in [0.29, 0.717) is 17.4 Å². The molecule has 0 aliphatic rings. The topological polar surface area (TPSA) is 56.8 Å². The number of rotatable bonds is 8. The SMILES string of the molecule is COc1ccc(OC)c([C@H](C)NC(=O)[C@H](C)Oc2cc(C)ccc2C(C)C)c1. The lowest BCUT2D eigenvalue weighted by Crippen LogP contribution is -2.38. The molecule has 0 aromatic heterocycles. The summed E-state index contributed by atoms with van der Waals surface area (Å²) in [7, 11) is 3.22. The van der Waals surface area contributed by atoms with Gasteiger partial charge in [0.2, 0.25) is 0 Å². The van der Waals surface area contributed by atoms with E-state index < -0.39 is 6.10 Å². The Bertz CT molecular complexity index is 816. The second-order valence-corrected chi connectivity index (χ2v) is 7.29. The molecular weight excluding hydrogens is 354 g/mol. The van der Waals surface area contributed by atoms with Crippen LogP contribution in [0.1, 0.15) is 56.3 Å². The Kier molecular flexibility index (Phi) is 7.32. The van der Waals surface area contributed by atoms with Gasteiger partial charge in [-0.15, -0.1) is 0 Å². The quantitative estimate of drug-likeness (QED) is 0.710. The summed E-state index contributed by atoms with van der Waals surface area (Å²) in [6, 6.07) is 11.4. The van der Waals surface area contributed by atoms with E-state index in [1.165, 1.54) is 0 Å². The molecule has 0 bridgehead atoms. The zero-order valence-electron chi connectivity index (χ0n) is 17.8. The molecule has 1 amide bonds. The number of carbonyl (C=O) groups excluding carboxylic acids is 1. The molecule has 2 aromatic rings. The van der Waals surface area contributed by atoms with Crippen LogP contribution < -0.4 is 19.5 Å². The molecule has 2 atom stereocenters. The van der Waals surface area contributed by atoms with Crippen LogP contribution in [0.4, 0.5) is 0 Å². The maximum Gasteiger partial charge on any atom is 0.261 e. The molecule has 2 rings (SSSR count). The van der Waals surface area contributed by atoms with Crippen LogP contribution in [-0.2, 0) is 4.79 Å². The third kappa shape index (κ3) is 5.18. The monoisotopic (exact) mass is 385 g/mol. The molecule has 1 N–H and O–H groups in total. The highest BCUT2D eigenvalue weighted by Gasteiger charge is 2.21. The number of carbonyl (C=O) groups is 1. The highest BCUT2D eigenvalue weighted by molar-refractivity contribution is 5.81. The van der Waals surface area contributed by atoms with Crippen molar-refractivity contribution in [1.82, 2.24) is 5.32 Å². The van der Waals surface area contributed by atoms with Gasteiger partial charge in [-0.3, -0.25) is 4.79 Å². The van der Waals surface area contributed by atoms with Gasteiger partial charge in [0.15, 0.2) is 6.10 Å². The highest BCUT2D eigenvalue weighted by atomic mass is 16.5. The molecular formula is C23H31NO4. The van der Waals surface area contributed by atoms with Crippen LogP contribution in [0.2, 0.25) is 0 Å². The van der Waals surface area contributed by atoms with Crippen LogP contribution in [0.5, 0.6) is 17.2 Å². The number of nitrogens with one attached hydrogen (secondary N) is 1. The zero-order chi connectivity index (χ0) is 20.8. The lowest BCUT2D eigenvalue weighted by Gasteiger charge is -2.22. The summed E-state index contributed by atoms with van der Waals surface area (Å²) in [5.74, 6) is 2.29. The molecule has 0 spiro atoms. The van der Waals surface area contributed by atoms with E-state index in [0.717, 1.165) is 22.4 Å². The zero-order valence-corrected chi connectivity index (χ0v) is 17.8. The number of hydrogen-bond acceptors (Lipinski definition) is 4. The van der Waals surface area contributed by atoms with Crippen molar-refractivity contribution in [2.24, 2.45) is 0 Å². The van der Waals surface area contributed by atoms with Crippen molar-refractivity contribution in [1.29, 1.82) is 0 Å². The van der Waals surface area contributed by atoms with Gasteiger partial charge >= 0.3 is 0 Å². The minimum atomic E-state index is -0.627.